The van der Waals surface area contributed by atoms with Gasteiger partial charge in [0.2, 0.25) is 5.89 Å². The van der Waals surface area contributed by atoms with Gasteiger partial charge in [-0.3, -0.25) is 4.79 Å². The van der Waals surface area contributed by atoms with Crippen LogP contribution in [0.5, 0.6) is 0 Å². The van der Waals surface area contributed by atoms with E-state index in [1.54, 1.807) is 0 Å². The highest BCUT2D eigenvalue weighted by Gasteiger charge is 2.13. The summed E-state index contributed by atoms with van der Waals surface area (Å²) in [5.74, 6) is 1.50. The van der Waals surface area contributed by atoms with Gasteiger partial charge in [0.25, 0.3) is 5.22 Å². The normalized spacial score (nSPS) is 11.1. The zero-order valence-corrected chi connectivity index (χ0v) is 17.5. The van der Waals surface area contributed by atoms with Crippen LogP contribution in [0.15, 0.2) is 82.4 Å². The van der Waals surface area contributed by atoms with Crippen LogP contribution in [0.2, 0.25) is 0 Å². The number of H-pyrrole nitrogens is 1. The lowest BCUT2D eigenvalue weighted by Crippen LogP contribution is -2.02. The minimum absolute atomic E-state index is 0.0277. The van der Waals surface area contributed by atoms with Gasteiger partial charge < -0.3 is 9.40 Å². The SMILES string of the molecule is Cc1ccc(C(=O)CSc2nnc(-c3ccc(-c4nc5ccccc5[nH]4)cc3)o2)cc1. The van der Waals surface area contributed by atoms with Crippen LogP contribution in [0.4, 0.5) is 0 Å². The van der Waals surface area contributed by atoms with Crippen LogP contribution in [-0.2, 0) is 0 Å². The van der Waals surface area contributed by atoms with E-state index in [0.29, 0.717) is 16.7 Å². The molecule has 5 rings (SSSR count). The molecule has 152 valence electrons. The van der Waals surface area contributed by atoms with Crippen LogP contribution in [0, 0.1) is 6.92 Å². The summed E-state index contributed by atoms with van der Waals surface area (Å²) in [6.07, 6.45) is 0. The fraction of sp³-hybridized carbons (Fsp3) is 0.0833. The third-order valence-corrected chi connectivity index (χ3v) is 5.72. The highest BCUT2D eigenvalue weighted by Crippen LogP contribution is 2.27. The molecule has 2 aromatic heterocycles. The molecule has 0 aliphatic heterocycles. The molecule has 0 radical (unpaired) electrons. The molecule has 0 saturated carbocycles. The second-order valence-electron chi connectivity index (χ2n) is 7.13. The van der Waals surface area contributed by atoms with Crippen LogP contribution in [0.1, 0.15) is 15.9 Å². The molecule has 5 aromatic rings. The first-order valence-electron chi connectivity index (χ1n) is 9.77. The van der Waals surface area contributed by atoms with Crippen molar-refractivity contribution >= 4 is 28.6 Å². The van der Waals surface area contributed by atoms with Crippen LogP contribution >= 0.6 is 11.8 Å². The lowest BCUT2D eigenvalue weighted by atomic mass is 10.1. The van der Waals surface area contributed by atoms with Crippen molar-refractivity contribution in [2.45, 2.75) is 12.1 Å². The Morgan fingerprint density at radius 2 is 1.68 bits per heavy atom. The molecule has 3 aromatic carbocycles. The fourth-order valence-corrected chi connectivity index (χ4v) is 3.85. The number of aryl methyl sites for hydroxylation is 1. The average molecular weight is 427 g/mol. The predicted octanol–water partition coefficient (Wildman–Crippen LogP) is 5.56. The molecular weight excluding hydrogens is 408 g/mol. The van der Waals surface area contributed by atoms with E-state index in [1.807, 2.05) is 79.7 Å². The van der Waals surface area contributed by atoms with Crippen LogP contribution in [0.3, 0.4) is 0 Å². The summed E-state index contributed by atoms with van der Waals surface area (Å²) in [7, 11) is 0. The number of carbonyl (C=O) groups excluding carboxylic acids is 1. The summed E-state index contributed by atoms with van der Waals surface area (Å²) < 4.78 is 5.73. The van der Waals surface area contributed by atoms with E-state index in [9.17, 15) is 4.79 Å². The summed E-state index contributed by atoms with van der Waals surface area (Å²) in [6, 6.07) is 23.2. The number of fused-ring (bicyclic) bond motifs is 1. The van der Waals surface area contributed by atoms with Gasteiger partial charge in [-0.15, -0.1) is 10.2 Å². The Balaban J connectivity index is 1.27. The van der Waals surface area contributed by atoms with E-state index in [1.165, 1.54) is 11.8 Å². The molecular formula is C24H18N4O2S. The largest absolute Gasteiger partial charge is 0.411 e. The minimum Gasteiger partial charge on any atom is -0.411 e. The van der Waals surface area contributed by atoms with Crippen molar-refractivity contribution in [2.24, 2.45) is 0 Å². The zero-order valence-electron chi connectivity index (χ0n) is 16.7. The van der Waals surface area contributed by atoms with Crippen LogP contribution in [-0.4, -0.2) is 31.7 Å². The Bertz CT molecular complexity index is 1320. The monoisotopic (exact) mass is 426 g/mol. The maximum absolute atomic E-state index is 12.3. The van der Waals surface area contributed by atoms with Gasteiger partial charge in [0.05, 0.1) is 16.8 Å². The van der Waals surface area contributed by atoms with E-state index in [4.69, 9.17) is 4.42 Å². The molecule has 0 aliphatic carbocycles. The number of nitrogens with zero attached hydrogens (tertiary/aromatic N) is 3. The number of nitrogens with one attached hydrogen (secondary N) is 1. The first-order chi connectivity index (χ1) is 15.2. The molecule has 2 heterocycles. The summed E-state index contributed by atoms with van der Waals surface area (Å²) in [4.78, 5) is 20.3. The van der Waals surface area contributed by atoms with E-state index in [-0.39, 0.29) is 11.5 Å². The van der Waals surface area contributed by atoms with Gasteiger partial charge in [0, 0.05) is 16.7 Å². The van der Waals surface area contributed by atoms with Gasteiger partial charge in [-0.2, -0.15) is 0 Å². The fourth-order valence-electron chi connectivity index (χ4n) is 3.20. The molecule has 0 saturated heterocycles. The molecule has 0 atom stereocenters. The number of benzene rings is 3. The van der Waals surface area contributed by atoms with E-state index in [0.717, 1.165) is 33.5 Å². The van der Waals surface area contributed by atoms with Gasteiger partial charge in [0.1, 0.15) is 5.82 Å². The summed E-state index contributed by atoms with van der Waals surface area (Å²) in [6.45, 7) is 1.99. The van der Waals surface area contributed by atoms with E-state index >= 15 is 0 Å². The highest BCUT2D eigenvalue weighted by atomic mass is 32.2. The third-order valence-electron chi connectivity index (χ3n) is 4.90. The minimum atomic E-state index is 0.0277. The highest BCUT2D eigenvalue weighted by molar-refractivity contribution is 7.99. The number of imidazole rings is 1. The molecule has 7 heteroatoms. The molecule has 0 spiro atoms. The van der Waals surface area contributed by atoms with Gasteiger partial charge in [-0.25, -0.2) is 4.98 Å². The number of thioether (sulfide) groups is 1. The van der Waals surface area contributed by atoms with Crippen molar-refractivity contribution in [2.75, 3.05) is 5.75 Å². The third kappa shape index (κ3) is 4.13. The van der Waals surface area contributed by atoms with Crippen LogP contribution < -0.4 is 0 Å². The average Bonchev–Trinajstić information content (AvgIpc) is 3.45. The number of carbonyl (C=O) groups is 1. The lowest BCUT2D eigenvalue weighted by Gasteiger charge is -2.00. The molecule has 1 N–H and O–H groups in total. The maximum Gasteiger partial charge on any atom is 0.277 e. The number of para-hydroxylation sites is 2. The van der Waals surface area contributed by atoms with Crippen molar-refractivity contribution in [3.63, 3.8) is 0 Å². The quantitative estimate of drug-likeness (QED) is 0.282. The molecule has 31 heavy (non-hydrogen) atoms. The smallest absolute Gasteiger partial charge is 0.277 e. The number of aromatic amines is 1. The number of Topliss-reactive ketones (excluding diaryl/α,β-unsaturated/α-hetero) is 1. The van der Waals surface area contributed by atoms with Gasteiger partial charge in [-0.05, 0) is 31.2 Å². The van der Waals surface area contributed by atoms with Crippen molar-refractivity contribution in [3.8, 4) is 22.8 Å². The second-order valence-corrected chi connectivity index (χ2v) is 8.06. The Morgan fingerprint density at radius 3 is 2.45 bits per heavy atom. The standard InChI is InChI=1S/C24H18N4O2S/c1-15-6-8-16(9-7-15)21(29)14-31-24-28-27-23(30-24)18-12-10-17(11-13-18)22-25-19-4-2-3-5-20(19)26-22/h2-13H,14H2,1H3,(H,25,26). The first-order valence-corrected chi connectivity index (χ1v) is 10.8. The number of hydrogen-bond donors (Lipinski definition) is 1. The van der Waals surface area contributed by atoms with Crippen molar-refractivity contribution in [3.05, 3.63) is 83.9 Å². The number of ketones is 1. The second kappa shape index (κ2) is 8.20. The Hall–Kier alpha value is -3.71. The molecule has 0 fully saturated rings. The Morgan fingerprint density at radius 1 is 0.935 bits per heavy atom. The van der Waals surface area contributed by atoms with Gasteiger partial charge in [-0.1, -0.05) is 65.9 Å². The molecule has 0 amide bonds. The summed E-state index contributed by atoms with van der Waals surface area (Å²) in [5, 5.41) is 8.54. The number of aromatic nitrogens is 4. The first kappa shape index (κ1) is 19.3. The number of rotatable bonds is 6. The van der Waals surface area contributed by atoms with Gasteiger partial charge in [0.15, 0.2) is 5.78 Å². The van der Waals surface area contributed by atoms with Crippen molar-refractivity contribution in [1.29, 1.82) is 0 Å². The molecule has 0 aliphatic rings. The zero-order chi connectivity index (χ0) is 21.2. The predicted molar refractivity (Wildman–Crippen MR) is 121 cm³/mol. The Kier molecular flexibility index (Phi) is 5.09. The summed E-state index contributed by atoms with van der Waals surface area (Å²) in [5.41, 5.74) is 5.51. The topological polar surface area (TPSA) is 84.7 Å². The number of hydrogen-bond acceptors (Lipinski definition) is 6. The maximum atomic E-state index is 12.3. The van der Waals surface area contributed by atoms with E-state index in [2.05, 4.69) is 20.2 Å². The summed E-state index contributed by atoms with van der Waals surface area (Å²) >= 11 is 1.24. The Labute approximate surface area is 182 Å². The van der Waals surface area contributed by atoms with Crippen LogP contribution in [0.25, 0.3) is 33.9 Å². The molecule has 6 nitrogen and oxygen atoms in total. The van der Waals surface area contributed by atoms with Crippen molar-refractivity contribution in [1.82, 2.24) is 20.2 Å². The lowest BCUT2D eigenvalue weighted by molar-refractivity contribution is 0.102. The van der Waals surface area contributed by atoms with E-state index < -0.39 is 0 Å². The van der Waals surface area contributed by atoms with Gasteiger partial charge >= 0.3 is 0 Å². The molecule has 0 unspecified atom stereocenters. The van der Waals surface area contributed by atoms with Crippen molar-refractivity contribution < 1.29 is 9.21 Å². The molecule has 0 bridgehead atoms.